The Morgan fingerprint density at radius 1 is 0.920 bits per heavy atom. The van der Waals surface area contributed by atoms with E-state index in [1.54, 1.807) is 0 Å². The molecule has 142 valence electrons. The number of nitrogens with zero attached hydrogens (tertiary/aromatic N) is 2. The minimum Gasteiger partial charge on any atom is -0.480 e. The van der Waals surface area contributed by atoms with Crippen molar-refractivity contribution in [1.82, 2.24) is 9.80 Å². The highest BCUT2D eigenvalue weighted by Crippen LogP contribution is 2.23. The number of rotatable bonds is 8. The van der Waals surface area contributed by atoms with Crippen molar-refractivity contribution < 1.29 is 19.5 Å². The zero-order valence-corrected chi connectivity index (χ0v) is 15.6. The van der Waals surface area contributed by atoms with Crippen molar-refractivity contribution in [2.24, 2.45) is 11.8 Å². The highest BCUT2D eigenvalue weighted by molar-refractivity contribution is 5.85. The number of amides is 2. The molecule has 3 atom stereocenters. The molecule has 0 bridgehead atoms. The number of unbranched alkanes of at least 4 members (excludes halogenated alkanes) is 1. The normalized spacial score (nSPS) is 22.9. The third-order valence-electron chi connectivity index (χ3n) is 5.61. The van der Waals surface area contributed by atoms with Crippen LogP contribution < -0.4 is 0 Å². The Kier molecular flexibility index (Phi) is 7.26. The Hall–Kier alpha value is -1.59. The van der Waals surface area contributed by atoms with Gasteiger partial charge in [0.15, 0.2) is 0 Å². The summed E-state index contributed by atoms with van der Waals surface area (Å²) in [6.07, 6.45) is 7.01. The lowest BCUT2D eigenvalue weighted by atomic mass is 9.97. The molecule has 2 aliphatic heterocycles. The van der Waals surface area contributed by atoms with Gasteiger partial charge in [-0.15, -0.1) is 0 Å². The van der Waals surface area contributed by atoms with Crippen LogP contribution in [0, 0.1) is 11.8 Å². The molecule has 0 aromatic heterocycles. The molecule has 2 fully saturated rings. The summed E-state index contributed by atoms with van der Waals surface area (Å²) in [6.45, 7) is 6.24. The van der Waals surface area contributed by atoms with Gasteiger partial charge in [0, 0.05) is 31.5 Å². The summed E-state index contributed by atoms with van der Waals surface area (Å²) >= 11 is 0. The van der Waals surface area contributed by atoms with Gasteiger partial charge in [0.05, 0.1) is 0 Å². The van der Waals surface area contributed by atoms with Gasteiger partial charge in [-0.25, -0.2) is 4.79 Å². The van der Waals surface area contributed by atoms with Gasteiger partial charge >= 0.3 is 5.97 Å². The average Bonchev–Trinajstić information content (AvgIpc) is 3.28. The molecular weight excluding hydrogens is 320 g/mol. The Morgan fingerprint density at radius 2 is 1.48 bits per heavy atom. The van der Waals surface area contributed by atoms with Crippen LogP contribution in [0.3, 0.4) is 0 Å². The van der Waals surface area contributed by atoms with Crippen LogP contribution in [0.4, 0.5) is 0 Å². The second-order valence-corrected chi connectivity index (χ2v) is 7.65. The zero-order chi connectivity index (χ0) is 18.4. The van der Waals surface area contributed by atoms with Crippen molar-refractivity contribution in [3.63, 3.8) is 0 Å². The molecule has 2 saturated heterocycles. The fraction of sp³-hybridized carbons (Fsp3) is 0.842. The fourth-order valence-electron chi connectivity index (χ4n) is 3.97. The number of carboxylic acids is 1. The van der Waals surface area contributed by atoms with Gasteiger partial charge in [-0.2, -0.15) is 0 Å². The van der Waals surface area contributed by atoms with E-state index < -0.39 is 12.0 Å². The highest BCUT2D eigenvalue weighted by atomic mass is 16.4. The van der Waals surface area contributed by atoms with Crippen molar-refractivity contribution >= 4 is 17.8 Å². The molecular formula is C19H32N2O4. The molecule has 0 aliphatic carbocycles. The Morgan fingerprint density at radius 3 is 2.04 bits per heavy atom. The number of hydrogen-bond acceptors (Lipinski definition) is 3. The monoisotopic (exact) mass is 352 g/mol. The van der Waals surface area contributed by atoms with E-state index in [2.05, 4.69) is 0 Å². The highest BCUT2D eigenvalue weighted by Gasteiger charge is 2.35. The van der Waals surface area contributed by atoms with Crippen LogP contribution in [0.2, 0.25) is 0 Å². The number of carbonyl (C=O) groups is 3. The lowest BCUT2D eigenvalue weighted by molar-refractivity contribution is -0.149. The van der Waals surface area contributed by atoms with E-state index in [4.69, 9.17) is 0 Å². The Balaban J connectivity index is 1.67. The largest absolute Gasteiger partial charge is 0.480 e. The summed E-state index contributed by atoms with van der Waals surface area (Å²) in [6, 6.07) is -0.645. The SMILES string of the molecule is CC(CCCCC(C)C(=O)N1CCC[C@@H]1C(=O)O)C(=O)N1CCCC1. The molecule has 2 unspecified atom stereocenters. The third kappa shape index (κ3) is 5.19. The van der Waals surface area contributed by atoms with Gasteiger partial charge in [0.25, 0.3) is 0 Å². The molecule has 25 heavy (non-hydrogen) atoms. The molecule has 0 spiro atoms. The molecule has 0 aromatic rings. The fourth-order valence-corrected chi connectivity index (χ4v) is 3.97. The van der Waals surface area contributed by atoms with Gasteiger partial charge in [0.2, 0.25) is 11.8 Å². The standard InChI is InChI=1S/C19H32N2O4/c1-14(17(22)20-11-5-6-12-20)8-3-4-9-15(2)18(23)21-13-7-10-16(21)19(24)25/h14-16H,3-13H2,1-2H3,(H,24,25)/t14?,15?,16-/m1/s1. The van der Waals surface area contributed by atoms with Crippen LogP contribution in [0.5, 0.6) is 0 Å². The van der Waals surface area contributed by atoms with E-state index in [9.17, 15) is 19.5 Å². The van der Waals surface area contributed by atoms with Crippen molar-refractivity contribution in [3.05, 3.63) is 0 Å². The van der Waals surface area contributed by atoms with Crippen molar-refractivity contribution in [3.8, 4) is 0 Å². The first-order chi connectivity index (χ1) is 11.9. The number of likely N-dealkylation sites (tertiary alicyclic amines) is 2. The molecule has 6 nitrogen and oxygen atoms in total. The van der Waals surface area contributed by atoms with Crippen molar-refractivity contribution in [1.29, 1.82) is 0 Å². The predicted molar refractivity (Wildman–Crippen MR) is 95.0 cm³/mol. The third-order valence-corrected chi connectivity index (χ3v) is 5.61. The lowest BCUT2D eigenvalue weighted by Gasteiger charge is -2.25. The second-order valence-electron chi connectivity index (χ2n) is 7.65. The molecule has 2 amide bonds. The molecule has 2 rings (SSSR count). The van der Waals surface area contributed by atoms with Crippen LogP contribution in [0.15, 0.2) is 0 Å². The van der Waals surface area contributed by atoms with Crippen LogP contribution >= 0.6 is 0 Å². The van der Waals surface area contributed by atoms with Gasteiger partial charge in [0.1, 0.15) is 6.04 Å². The van der Waals surface area contributed by atoms with Crippen molar-refractivity contribution in [2.45, 2.75) is 71.3 Å². The molecule has 6 heteroatoms. The molecule has 0 radical (unpaired) electrons. The van der Waals surface area contributed by atoms with Gasteiger partial charge in [-0.3, -0.25) is 9.59 Å². The van der Waals surface area contributed by atoms with Crippen LogP contribution in [-0.2, 0) is 14.4 Å². The van der Waals surface area contributed by atoms with E-state index >= 15 is 0 Å². The van der Waals surface area contributed by atoms with E-state index in [0.29, 0.717) is 13.0 Å². The van der Waals surface area contributed by atoms with E-state index in [1.165, 1.54) is 4.90 Å². The zero-order valence-electron chi connectivity index (χ0n) is 15.6. The van der Waals surface area contributed by atoms with Crippen molar-refractivity contribution in [2.75, 3.05) is 19.6 Å². The van der Waals surface area contributed by atoms with E-state index in [-0.39, 0.29) is 23.7 Å². The topological polar surface area (TPSA) is 77.9 Å². The maximum absolute atomic E-state index is 12.5. The molecule has 0 saturated carbocycles. The maximum atomic E-state index is 12.5. The summed E-state index contributed by atoms with van der Waals surface area (Å²) in [5, 5.41) is 9.20. The second kappa shape index (κ2) is 9.20. The smallest absolute Gasteiger partial charge is 0.326 e. The summed E-state index contributed by atoms with van der Waals surface area (Å²) in [4.78, 5) is 39.5. The number of hydrogen-bond donors (Lipinski definition) is 1. The van der Waals surface area contributed by atoms with Gasteiger partial charge in [-0.05, 0) is 38.5 Å². The number of carboxylic acid groups (broad SMARTS) is 1. The quantitative estimate of drug-likeness (QED) is 0.681. The first kappa shape index (κ1) is 19.7. The summed E-state index contributed by atoms with van der Waals surface area (Å²) in [5.74, 6) is -0.759. The molecule has 0 aromatic carbocycles. The van der Waals surface area contributed by atoms with Crippen LogP contribution in [-0.4, -0.2) is 58.4 Å². The minimum atomic E-state index is -0.896. The number of aliphatic carboxylic acids is 1. The Labute approximate surface area is 150 Å². The van der Waals surface area contributed by atoms with Gasteiger partial charge < -0.3 is 14.9 Å². The average molecular weight is 352 g/mol. The molecule has 2 heterocycles. The molecule has 2 aliphatic rings. The minimum absolute atomic E-state index is 0.0360. The number of carbonyl (C=O) groups excluding carboxylic acids is 2. The molecule has 1 N–H and O–H groups in total. The van der Waals surface area contributed by atoms with E-state index in [0.717, 1.165) is 58.0 Å². The lowest BCUT2D eigenvalue weighted by Crippen LogP contribution is -2.42. The maximum Gasteiger partial charge on any atom is 0.326 e. The van der Waals surface area contributed by atoms with Gasteiger partial charge in [-0.1, -0.05) is 26.7 Å². The summed E-state index contributed by atoms with van der Waals surface area (Å²) < 4.78 is 0. The van der Waals surface area contributed by atoms with E-state index in [1.807, 2.05) is 18.7 Å². The summed E-state index contributed by atoms with van der Waals surface area (Å²) in [5.41, 5.74) is 0. The Bertz CT molecular complexity index is 488. The summed E-state index contributed by atoms with van der Waals surface area (Å²) in [7, 11) is 0. The first-order valence-electron chi connectivity index (χ1n) is 9.74. The first-order valence-corrected chi connectivity index (χ1v) is 9.74. The van der Waals surface area contributed by atoms with Crippen LogP contribution in [0.1, 0.15) is 65.2 Å². The predicted octanol–water partition coefficient (Wildman–Crippen LogP) is 2.52. The van der Waals surface area contributed by atoms with Crippen LogP contribution in [0.25, 0.3) is 0 Å².